The van der Waals surface area contributed by atoms with Gasteiger partial charge in [-0.15, -0.1) is 0 Å². The third-order valence-corrected chi connectivity index (χ3v) is 13.6. The second-order valence-corrected chi connectivity index (χ2v) is 18.8. The molecule has 0 aromatic heterocycles. The third-order valence-electron chi connectivity index (χ3n) is 12.4. The van der Waals surface area contributed by atoms with Crippen molar-refractivity contribution in [3.8, 4) is 0 Å². The van der Waals surface area contributed by atoms with Crippen molar-refractivity contribution in [2.45, 2.75) is 105 Å². The van der Waals surface area contributed by atoms with Crippen LogP contribution < -0.4 is 0 Å². The normalized spacial score (nSPS) is 24.4. The van der Waals surface area contributed by atoms with E-state index in [0.29, 0.717) is 13.2 Å². The van der Waals surface area contributed by atoms with Crippen LogP contribution in [0.2, 0.25) is 0 Å². The highest BCUT2D eigenvalue weighted by molar-refractivity contribution is 7.99. The molecule has 1 N–H and O–H groups in total. The Balaban J connectivity index is 1.07. The van der Waals surface area contributed by atoms with Crippen LogP contribution in [0.3, 0.4) is 0 Å². The minimum atomic E-state index is -1.34. The van der Waals surface area contributed by atoms with Gasteiger partial charge in [-0.1, -0.05) is 212 Å². The second-order valence-electron chi connectivity index (χ2n) is 17.7. The smallest absolute Gasteiger partial charge is 0.187 e. The number of aliphatic hydroxyl groups excluding tert-OH is 1. The summed E-state index contributed by atoms with van der Waals surface area (Å²) >= 11 is 1.51. The van der Waals surface area contributed by atoms with Gasteiger partial charge in [0.2, 0.25) is 0 Å². The van der Waals surface area contributed by atoms with Crippen molar-refractivity contribution in [2.24, 2.45) is 0 Å². The predicted molar refractivity (Wildman–Crippen MR) is 273 cm³/mol. The van der Waals surface area contributed by atoms with Crippen LogP contribution in [0, 0.1) is 0 Å². The van der Waals surface area contributed by atoms with Gasteiger partial charge in [0.25, 0.3) is 0 Å². The zero-order valence-corrected chi connectivity index (χ0v) is 40.5. The number of ether oxygens (including phenoxy) is 9. The number of hydrogen-bond donors (Lipinski definition) is 1. The Morgan fingerprint density at radius 3 is 1.08 bits per heavy atom. The molecule has 0 radical (unpaired) electrons. The molecule has 11 heteroatoms. The van der Waals surface area contributed by atoms with Crippen LogP contribution in [-0.2, 0) is 82.3 Å². The SMILES string of the molecule is O[C@@H]1[C@@H](O[C@H]2[C@@H](OCc3ccccc3)[C@H](OCc3ccccc3)[C@@H](COCc3ccccc3)O[C@@H]2Sc2ccccc2)O[C@H](COCc2ccccc2)[C@@H](OCc2ccccc2)[C@@H]1OCc1ccccc1. The highest BCUT2D eigenvalue weighted by Gasteiger charge is 2.54. The van der Waals surface area contributed by atoms with Crippen LogP contribution in [0.5, 0.6) is 0 Å². The fraction of sp³-hybridized carbons (Fsp3) is 0.300. The lowest BCUT2D eigenvalue weighted by molar-refractivity contribution is -0.350. The lowest BCUT2D eigenvalue weighted by Crippen LogP contribution is -2.65. The first-order valence-corrected chi connectivity index (χ1v) is 25.2. The van der Waals surface area contributed by atoms with Crippen LogP contribution in [0.1, 0.15) is 33.4 Å². The lowest BCUT2D eigenvalue weighted by Gasteiger charge is -2.49. The van der Waals surface area contributed by atoms with Crippen molar-refractivity contribution in [1.82, 2.24) is 0 Å². The molecule has 0 bridgehead atoms. The van der Waals surface area contributed by atoms with E-state index in [1.165, 1.54) is 11.8 Å². The van der Waals surface area contributed by atoms with Gasteiger partial charge in [-0.2, -0.15) is 0 Å². The first-order chi connectivity index (χ1) is 35.1. The average Bonchev–Trinajstić information content (AvgIpc) is 3.42. The second kappa shape index (κ2) is 26.8. The predicted octanol–water partition coefficient (Wildman–Crippen LogP) is 10.7. The number of benzene rings is 7. The highest BCUT2D eigenvalue weighted by atomic mass is 32.2. The standard InChI is InChI=1S/C60H62O10S/c61-53-56(66-40-48-30-16-5-17-31-48)54(64-38-46-26-12-3-13-27-46)51(42-62-36-44-22-8-1-9-23-44)68-59(53)70-58-57(67-41-49-32-18-6-19-33-49)55(65-39-47-28-14-4-15-29-47)52(43-63-37-45-24-10-2-11-25-45)69-60(58)71-50-34-20-7-21-35-50/h1-35,51-61H,36-43H2/t51-,52-,53+,54-,55-,56-,57+,58+,59-,60-/m1/s1. The van der Waals surface area contributed by atoms with E-state index in [9.17, 15) is 5.11 Å². The number of rotatable bonds is 24. The molecule has 0 aliphatic carbocycles. The topological polar surface area (TPSA) is 103 Å². The molecule has 2 saturated heterocycles. The van der Waals surface area contributed by atoms with E-state index in [0.717, 1.165) is 38.3 Å². The Morgan fingerprint density at radius 1 is 0.352 bits per heavy atom. The summed E-state index contributed by atoms with van der Waals surface area (Å²) in [6.07, 6.45) is -7.96. The summed E-state index contributed by atoms with van der Waals surface area (Å²) < 4.78 is 61.8. The van der Waals surface area contributed by atoms with Gasteiger partial charge in [0.05, 0.1) is 52.9 Å². The van der Waals surface area contributed by atoms with Crippen molar-refractivity contribution in [1.29, 1.82) is 0 Å². The van der Waals surface area contributed by atoms with Crippen molar-refractivity contribution >= 4 is 11.8 Å². The molecule has 7 aromatic carbocycles. The average molecular weight is 975 g/mol. The molecule has 0 saturated carbocycles. The fourth-order valence-electron chi connectivity index (χ4n) is 8.77. The summed E-state index contributed by atoms with van der Waals surface area (Å²) in [7, 11) is 0. The molecule has 9 rings (SSSR count). The number of aliphatic hydroxyl groups is 1. The van der Waals surface area contributed by atoms with E-state index in [1.54, 1.807) is 0 Å². The molecule has 0 amide bonds. The molecule has 2 fully saturated rings. The third kappa shape index (κ3) is 14.8. The van der Waals surface area contributed by atoms with Crippen LogP contribution in [0.4, 0.5) is 0 Å². The summed E-state index contributed by atoms with van der Waals surface area (Å²) in [6.45, 7) is 2.03. The van der Waals surface area contributed by atoms with Gasteiger partial charge < -0.3 is 47.7 Å². The van der Waals surface area contributed by atoms with Crippen LogP contribution in [-0.4, -0.2) is 78.9 Å². The van der Waals surface area contributed by atoms with E-state index in [2.05, 4.69) is 0 Å². The largest absolute Gasteiger partial charge is 0.385 e. The Bertz CT molecular complexity index is 2530. The van der Waals surface area contributed by atoms with E-state index >= 15 is 0 Å². The summed E-state index contributed by atoms with van der Waals surface area (Å²) in [5, 5.41) is 12.8. The molecule has 2 heterocycles. The minimum Gasteiger partial charge on any atom is -0.385 e. The van der Waals surface area contributed by atoms with Crippen molar-refractivity contribution in [2.75, 3.05) is 13.2 Å². The summed E-state index contributed by atoms with van der Waals surface area (Å²) in [5.41, 5.74) is 5.22. The van der Waals surface area contributed by atoms with Gasteiger partial charge in [-0.25, -0.2) is 0 Å². The lowest BCUT2D eigenvalue weighted by atomic mass is 9.96. The maximum absolute atomic E-state index is 12.8. The summed E-state index contributed by atoms with van der Waals surface area (Å²) in [4.78, 5) is 0.955. The van der Waals surface area contributed by atoms with Gasteiger partial charge in [0.15, 0.2) is 6.29 Å². The molecule has 0 unspecified atom stereocenters. The van der Waals surface area contributed by atoms with Crippen LogP contribution in [0.25, 0.3) is 0 Å². The molecule has 368 valence electrons. The van der Waals surface area contributed by atoms with E-state index in [-0.39, 0.29) is 39.6 Å². The molecule has 2 aliphatic heterocycles. The minimum absolute atomic E-state index is 0.118. The maximum atomic E-state index is 12.8. The number of hydrogen-bond acceptors (Lipinski definition) is 11. The van der Waals surface area contributed by atoms with Gasteiger partial charge in [-0.3, -0.25) is 0 Å². The van der Waals surface area contributed by atoms with Gasteiger partial charge in [0.1, 0.15) is 54.3 Å². The molecule has 10 atom stereocenters. The monoisotopic (exact) mass is 974 g/mol. The zero-order chi connectivity index (χ0) is 48.3. The Labute approximate surface area is 421 Å². The van der Waals surface area contributed by atoms with Gasteiger partial charge in [0, 0.05) is 4.90 Å². The van der Waals surface area contributed by atoms with Crippen LogP contribution in [0.15, 0.2) is 217 Å². The van der Waals surface area contributed by atoms with Crippen molar-refractivity contribution in [3.05, 3.63) is 246 Å². The molecule has 7 aromatic rings. The summed E-state index contributed by atoms with van der Waals surface area (Å²) in [5.74, 6) is 0. The molecular formula is C60H62O10S. The molecule has 0 spiro atoms. The Kier molecular flexibility index (Phi) is 19.0. The van der Waals surface area contributed by atoms with Crippen LogP contribution >= 0.6 is 11.8 Å². The van der Waals surface area contributed by atoms with Gasteiger partial charge >= 0.3 is 0 Å². The van der Waals surface area contributed by atoms with E-state index in [1.807, 2.05) is 212 Å². The van der Waals surface area contributed by atoms with E-state index < -0.39 is 60.6 Å². The Morgan fingerprint density at radius 2 is 0.676 bits per heavy atom. The molecule has 71 heavy (non-hydrogen) atoms. The fourth-order valence-corrected chi connectivity index (χ4v) is 9.90. The Hall–Kier alpha value is -5.51. The molecule has 10 nitrogen and oxygen atoms in total. The first kappa shape index (κ1) is 50.4. The van der Waals surface area contributed by atoms with E-state index in [4.69, 9.17) is 42.6 Å². The summed E-state index contributed by atoms with van der Waals surface area (Å²) in [6, 6.07) is 70.0. The van der Waals surface area contributed by atoms with Crippen molar-refractivity contribution < 1.29 is 47.7 Å². The molecular weight excluding hydrogens is 913 g/mol. The zero-order valence-electron chi connectivity index (χ0n) is 39.7. The first-order valence-electron chi connectivity index (χ1n) is 24.3. The highest BCUT2D eigenvalue weighted by Crippen LogP contribution is 2.40. The maximum Gasteiger partial charge on any atom is 0.187 e. The quantitative estimate of drug-likeness (QED) is 0.0626. The molecule has 2 aliphatic rings. The number of thioether (sulfide) groups is 1. The van der Waals surface area contributed by atoms with Gasteiger partial charge in [-0.05, 0) is 45.5 Å². The van der Waals surface area contributed by atoms with Crippen molar-refractivity contribution in [3.63, 3.8) is 0 Å².